The number of Topliss-reactive ketones (excluding diaryl/α,β-unsaturated/α-hetero) is 2. The van der Waals surface area contributed by atoms with E-state index < -0.39 is 16.2 Å². The van der Waals surface area contributed by atoms with Gasteiger partial charge in [-0.25, -0.2) is 0 Å². The van der Waals surface area contributed by atoms with Crippen molar-refractivity contribution in [1.82, 2.24) is 0 Å². The zero-order valence-corrected chi connectivity index (χ0v) is 22.1. The minimum atomic E-state index is -0.777. The van der Waals surface area contributed by atoms with E-state index in [9.17, 15) is 14.7 Å². The largest absolute Gasteiger partial charge is 0.506 e. The van der Waals surface area contributed by atoms with Crippen molar-refractivity contribution in [2.45, 2.75) is 90.0 Å². The number of carbonyl (C=O) groups is 2. The number of allylic oxidation sites excluding steroid dienone is 3. The predicted octanol–water partition coefficient (Wildman–Crippen LogP) is 8.05. The summed E-state index contributed by atoms with van der Waals surface area (Å²) in [6.45, 7) is 25.4. The first kappa shape index (κ1) is 28.8. The molecule has 174 valence electrons. The van der Waals surface area contributed by atoms with Crippen LogP contribution in [0, 0.1) is 16.2 Å². The maximum absolute atomic E-state index is 13.3. The third-order valence-corrected chi connectivity index (χ3v) is 7.27. The Kier molecular flexibility index (Phi) is 9.71. The Morgan fingerprint density at radius 2 is 1.13 bits per heavy atom. The van der Waals surface area contributed by atoms with Crippen molar-refractivity contribution in [1.29, 1.82) is 0 Å². The highest BCUT2D eigenvalue weighted by molar-refractivity contribution is 6.29. The molecule has 0 unspecified atom stereocenters. The van der Waals surface area contributed by atoms with E-state index in [2.05, 4.69) is 0 Å². The summed E-state index contributed by atoms with van der Waals surface area (Å²) in [6, 6.07) is 7.38. The van der Waals surface area contributed by atoms with Crippen molar-refractivity contribution >= 4 is 22.9 Å². The van der Waals surface area contributed by atoms with E-state index in [-0.39, 0.29) is 22.9 Å². The molecule has 3 nitrogen and oxygen atoms in total. The Morgan fingerprint density at radius 1 is 0.742 bits per heavy atom. The van der Waals surface area contributed by atoms with E-state index in [1.165, 1.54) is 5.57 Å². The summed E-state index contributed by atoms with van der Waals surface area (Å²) in [5, 5.41) is 11.0. The monoisotopic (exact) mass is 428 g/mol. The number of ketones is 2. The molecule has 0 saturated heterocycles. The number of aliphatic hydroxyl groups is 1. The maximum Gasteiger partial charge on any atom is 0.176 e. The molecule has 1 aromatic rings. The number of hydrogen-bond donors (Lipinski definition) is 1. The first-order valence-electron chi connectivity index (χ1n) is 11.5. The van der Waals surface area contributed by atoms with Crippen LogP contribution in [-0.4, -0.2) is 16.7 Å². The molecule has 1 N–H and O–H groups in total. The third-order valence-electron chi connectivity index (χ3n) is 7.27. The molecule has 1 aliphatic carbocycles. The van der Waals surface area contributed by atoms with Gasteiger partial charge in [-0.2, -0.15) is 0 Å². The molecule has 0 aromatic heterocycles. The summed E-state index contributed by atoms with van der Waals surface area (Å²) in [6.07, 6.45) is 0. The van der Waals surface area contributed by atoms with E-state index in [1.54, 1.807) is 6.07 Å². The van der Waals surface area contributed by atoms with E-state index in [4.69, 9.17) is 0 Å². The van der Waals surface area contributed by atoms with Crippen LogP contribution in [0.5, 0.6) is 0 Å². The average Bonchev–Trinajstić information content (AvgIpc) is 2.74. The standard InChI is InChI=1S/C24H32O3.2C2H6/c1-14(2)15(3)16-11-10-12-17(13-16)19(25)18-20(26)22(4,5)24(8,9)23(6,7)21(18)27;2*1-2/h10-13,25H,1-9H3;2*1-2H3. The van der Waals surface area contributed by atoms with Gasteiger partial charge in [0.2, 0.25) is 0 Å². The van der Waals surface area contributed by atoms with Crippen LogP contribution < -0.4 is 0 Å². The van der Waals surface area contributed by atoms with E-state index in [0.29, 0.717) is 5.56 Å². The number of aliphatic hydroxyl groups excluding tert-OH is 1. The lowest BCUT2D eigenvalue weighted by atomic mass is 9.47. The highest BCUT2D eigenvalue weighted by Crippen LogP contribution is 2.58. The van der Waals surface area contributed by atoms with Crippen LogP contribution in [0.1, 0.15) is 101 Å². The average molecular weight is 429 g/mol. The molecule has 1 fully saturated rings. The molecule has 2 rings (SSSR count). The van der Waals surface area contributed by atoms with Crippen LogP contribution in [-0.2, 0) is 9.59 Å². The van der Waals surface area contributed by atoms with Crippen molar-refractivity contribution in [3.63, 3.8) is 0 Å². The molecule has 0 spiro atoms. The lowest BCUT2D eigenvalue weighted by Gasteiger charge is -2.54. The topological polar surface area (TPSA) is 54.4 Å². The fourth-order valence-corrected chi connectivity index (χ4v) is 3.62. The molecule has 0 heterocycles. The molecular formula is C28H44O3. The summed E-state index contributed by atoms with van der Waals surface area (Å²) in [4.78, 5) is 26.5. The molecule has 0 radical (unpaired) electrons. The molecule has 1 saturated carbocycles. The quantitative estimate of drug-likeness (QED) is 0.294. The number of benzene rings is 1. The molecule has 1 aromatic carbocycles. The van der Waals surface area contributed by atoms with Crippen molar-refractivity contribution < 1.29 is 14.7 Å². The highest BCUT2D eigenvalue weighted by Gasteiger charge is 2.61. The van der Waals surface area contributed by atoms with Crippen LogP contribution in [0.25, 0.3) is 11.3 Å². The van der Waals surface area contributed by atoms with Crippen LogP contribution >= 0.6 is 0 Å². The van der Waals surface area contributed by atoms with Gasteiger partial charge in [0.1, 0.15) is 11.3 Å². The summed E-state index contributed by atoms with van der Waals surface area (Å²) in [7, 11) is 0. The van der Waals surface area contributed by atoms with Crippen molar-refractivity contribution in [3.05, 3.63) is 46.5 Å². The first-order chi connectivity index (χ1) is 14.2. The van der Waals surface area contributed by atoms with Crippen LogP contribution in [0.4, 0.5) is 0 Å². The molecule has 1 aliphatic rings. The number of rotatable bonds is 2. The Labute approximate surface area is 190 Å². The van der Waals surface area contributed by atoms with Gasteiger partial charge in [0, 0.05) is 16.4 Å². The Bertz CT molecular complexity index is 841. The SMILES string of the molecule is CC.CC.CC(C)=C(C)c1cccc(C(O)=C2C(=O)C(C)(C)C(C)(C)C(C)(C)C2=O)c1. The summed E-state index contributed by atoms with van der Waals surface area (Å²) in [5.41, 5.74) is 1.58. The second-order valence-corrected chi connectivity index (χ2v) is 9.46. The zero-order chi connectivity index (χ0) is 24.9. The zero-order valence-electron chi connectivity index (χ0n) is 22.1. The highest BCUT2D eigenvalue weighted by atomic mass is 16.3. The van der Waals surface area contributed by atoms with Gasteiger partial charge in [-0.15, -0.1) is 0 Å². The molecule has 31 heavy (non-hydrogen) atoms. The van der Waals surface area contributed by atoms with Gasteiger partial charge in [0.15, 0.2) is 11.6 Å². The smallest absolute Gasteiger partial charge is 0.176 e. The molecule has 0 amide bonds. The summed E-state index contributed by atoms with van der Waals surface area (Å²) in [5.74, 6) is -0.803. The minimum absolute atomic E-state index is 0.0728. The lowest BCUT2D eigenvalue weighted by Crippen LogP contribution is -2.58. The van der Waals surface area contributed by atoms with Crippen LogP contribution in [0.2, 0.25) is 0 Å². The van der Waals surface area contributed by atoms with Gasteiger partial charge in [0.25, 0.3) is 0 Å². The second-order valence-electron chi connectivity index (χ2n) is 9.46. The van der Waals surface area contributed by atoms with E-state index in [0.717, 1.165) is 11.1 Å². The van der Waals surface area contributed by atoms with E-state index in [1.807, 2.05) is 108 Å². The molecular weight excluding hydrogens is 384 g/mol. The molecule has 0 aliphatic heterocycles. The second kappa shape index (κ2) is 10.4. The van der Waals surface area contributed by atoms with Crippen LogP contribution in [0.15, 0.2) is 35.4 Å². The normalized spacial score (nSPS) is 18.2. The Morgan fingerprint density at radius 3 is 1.52 bits per heavy atom. The molecule has 0 bridgehead atoms. The summed E-state index contributed by atoms with van der Waals surface area (Å²) < 4.78 is 0. The first-order valence-corrected chi connectivity index (χ1v) is 11.5. The van der Waals surface area contributed by atoms with Crippen molar-refractivity contribution in [2.75, 3.05) is 0 Å². The van der Waals surface area contributed by atoms with Crippen LogP contribution in [0.3, 0.4) is 0 Å². The lowest BCUT2D eigenvalue weighted by molar-refractivity contribution is -0.153. The fourth-order valence-electron chi connectivity index (χ4n) is 3.62. The van der Waals surface area contributed by atoms with Gasteiger partial charge in [-0.05, 0) is 43.4 Å². The molecule has 0 atom stereocenters. The van der Waals surface area contributed by atoms with Crippen molar-refractivity contribution in [2.24, 2.45) is 16.2 Å². The van der Waals surface area contributed by atoms with Gasteiger partial charge < -0.3 is 5.11 Å². The maximum atomic E-state index is 13.3. The van der Waals surface area contributed by atoms with Crippen molar-refractivity contribution in [3.8, 4) is 0 Å². The van der Waals surface area contributed by atoms with Gasteiger partial charge in [-0.3, -0.25) is 9.59 Å². The van der Waals surface area contributed by atoms with E-state index >= 15 is 0 Å². The summed E-state index contributed by atoms with van der Waals surface area (Å²) >= 11 is 0. The minimum Gasteiger partial charge on any atom is -0.506 e. The fraction of sp³-hybridized carbons (Fsp3) is 0.571. The Balaban J connectivity index is 0.00000212. The Hall–Kier alpha value is -2.16. The predicted molar refractivity (Wildman–Crippen MR) is 134 cm³/mol. The van der Waals surface area contributed by atoms with Gasteiger partial charge in [-0.1, -0.05) is 93.0 Å². The molecule has 3 heteroatoms. The number of carbonyl (C=O) groups excluding carboxylic acids is 2. The number of hydrogen-bond acceptors (Lipinski definition) is 3. The van der Waals surface area contributed by atoms with Gasteiger partial charge >= 0.3 is 0 Å². The van der Waals surface area contributed by atoms with Gasteiger partial charge in [0.05, 0.1) is 0 Å². The third kappa shape index (κ3) is 4.86.